The molecule has 3 N–H and O–H groups in total. The molecule has 4 rings (SSSR count). The largest absolute Gasteiger partial charge is 0.481 e. The van der Waals surface area contributed by atoms with Crippen LogP contribution < -0.4 is 5.32 Å². The SMILES string of the molecule is CC(=O)c1ccc(-c2ccc(-c3csc(C(=O)NC[C@H](C(=O)O)c4ccccc4)c3)cc2)cc1.CCC(=O)O. The summed E-state index contributed by atoms with van der Waals surface area (Å²) in [6.45, 7) is 3.16. The zero-order valence-corrected chi connectivity index (χ0v) is 22.4. The number of thiophene rings is 1. The lowest BCUT2D eigenvalue weighted by atomic mass is 9.99. The molecular formula is C31H29NO6S. The lowest BCUT2D eigenvalue weighted by Crippen LogP contribution is -2.31. The summed E-state index contributed by atoms with van der Waals surface area (Å²) in [5, 5.41) is 21.9. The van der Waals surface area contributed by atoms with Crippen LogP contribution in [0.3, 0.4) is 0 Å². The van der Waals surface area contributed by atoms with Crippen molar-refractivity contribution in [1.29, 1.82) is 0 Å². The molecule has 1 atom stereocenters. The number of benzene rings is 3. The average Bonchev–Trinajstić information content (AvgIpc) is 3.44. The van der Waals surface area contributed by atoms with Crippen molar-refractivity contribution in [1.82, 2.24) is 5.32 Å². The number of nitrogens with one attached hydrogen (secondary N) is 1. The summed E-state index contributed by atoms with van der Waals surface area (Å²) in [4.78, 5) is 45.6. The van der Waals surface area contributed by atoms with E-state index in [1.165, 1.54) is 11.3 Å². The number of amides is 1. The van der Waals surface area contributed by atoms with Gasteiger partial charge >= 0.3 is 11.9 Å². The molecule has 0 spiro atoms. The Morgan fingerprint density at radius 3 is 1.79 bits per heavy atom. The van der Waals surface area contributed by atoms with Crippen LogP contribution in [0.1, 0.15) is 51.8 Å². The molecule has 0 aliphatic carbocycles. The van der Waals surface area contributed by atoms with E-state index in [1.54, 1.807) is 38.1 Å². The van der Waals surface area contributed by atoms with Crippen LogP contribution in [-0.2, 0) is 9.59 Å². The van der Waals surface area contributed by atoms with E-state index >= 15 is 0 Å². The van der Waals surface area contributed by atoms with Crippen LogP contribution in [0.2, 0.25) is 0 Å². The maximum Gasteiger partial charge on any atom is 0.312 e. The Balaban J connectivity index is 0.000000771. The first-order chi connectivity index (χ1) is 18.7. The van der Waals surface area contributed by atoms with Gasteiger partial charge in [-0.25, -0.2) is 0 Å². The van der Waals surface area contributed by atoms with Crippen LogP contribution >= 0.6 is 11.3 Å². The summed E-state index contributed by atoms with van der Waals surface area (Å²) in [5.41, 5.74) is 5.29. The smallest absolute Gasteiger partial charge is 0.312 e. The average molecular weight is 544 g/mol. The van der Waals surface area contributed by atoms with E-state index in [2.05, 4.69) is 5.32 Å². The predicted octanol–water partition coefficient (Wildman–Crippen LogP) is 6.36. The Bertz CT molecular complexity index is 1430. The molecule has 200 valence electrons. The van der Waals surface area contributed by atoms with Crippen LogP contribution in [0.5, 0.6) is 0 Å². The summed E-state index contributed by atoms with van der Waals surface area (Å²) in [5.74, 6) is -2.78. The summed E-state index contributed by atoms with van der Waals surface area (Å²) in [6.07, 6.45) is 0.222. The second kappa shape index (κ2) is 13.8. The molecular weight excluding hydrogens is 514 g/mol. The van der Waals surface area contributed by atoms with Gasteiger partial charge in [0.25, 0.3) is 5.91 Å². The van der Waals surface area contributed by atoms with E-state index in [1.807, 2.05) is 66.0 Å². The lowest BCUT2D eigenvalue weighted by Gasteiger charge is -2.13. The predicted molar refractivity (Wildman–Crippen MR) is 152 cm³/mol. The highest BCUT2D eigenvalue weighted by Gasteiger charge is 2.21. The quantitative estimate of drug-likeness (QED) is 0.211. The summed E-state index contributed by atoms with van der Waals surface area (Å²) >= 11 is 1.32. The van der Waals surface area contributed by atoms with Crippen molar-refractivity contribution < 1.29 is 29.4 Å². The van der Waals surface area contributed by atoms with Gasteiger partial charge in [-0.05, 0) is 46.2 Å². The molecule has 0 bridgehead atoms. The number of carboxylic acid groups (broad SMARTS) is 2. The van der Waals surface area contributed by atoms with Crippen LogP contribution in [0.4, 0.5) is 0 Å². The van der Waals surface area contributed by atoms with Gasteiger partial charge in [-0.15, -0.1) is 11.3 Å². The van der Waals surface area contributed by atoms with E-state index in [4.69, 9.17) is 5.11 Å². The van der Waals surface area contributed by atoms with Crippen molar-refractivity contribution in [2.45, 2.75) is 26.2 Å². The van der Waals surface area contributed by atoms with Gasteiger partial charge < -0.3 is 15.5 Å². The van der Waals surface area contributed by atoms with Gasteiger partial charge in [-0.2, -0.15) is 0 Å². The zero-order chi connectivity index (χ0) is 28.4. The molecule has 0 aliphatic heterocycles. The highest BCUT2D eigenvalue weighted by atomic mass is 32.1. The van der Waals surface area contributed by atoms with Crippen LogP contribution in [-0.4, -0.2) is 40.4 Å². The number of aliphatic carboxylic acids is 2. The van der Waals surface area contributed by atoms with Gasteiger partial charge in [0.05, 0.1) is 10.8 Å². The Hall–Kier alpha value is -4.56. The van der Waals surface area contributed by atoms with Gasteiger partial charge in [0.2, 0.25) is 0 Å². The molecule has 3 aromatic carbocycles. The Morgan fingerprint density at radius 2 is 1.31 bits per heavy atom. The maximum atomic E-state index is 12.6. The van der Waals surface area contributed by atoms with Crippen molar-refractivity contribution >= 4 is 35.0 Å². The molecule has 0 saturated heterocycles. The van der Waals surface area contributed by atoms with Gasteiger partial charge in [0.15, 0.2) is 5.78 Å². The van der Waals surface area contributed by atoms with Crippen molar-refractivity contribution in [3.05, 3.63) is 106 Å². The number of ketones is 1. The summed E-state index contributed by atoms with van der Waals surface area (Å²) < 4.78 is 0. The molecule has 7 nitrogen and oxygen atoms in total. The van der Waals surface area contributed by atoms with E-state index in [0.717, 1.165) is 22.3 Å². The second-order valence-electron chi connectivity index (χ2n) is 8.67. The monoisotopic (exact) mass is 543 g/mol. The molecule has 0 radical (unpaired) electrons. The number of carboxylic acids is 2. The Labute approximate surface area is 230 Å². The van der Waals surface area contributed by atoms with E-state index in [0.29, 0.717) is 16.0 Å². The number of rotatable bonds is 9. The van der Waals surface area contributed by atoms with Crippen LogP contribution in [0, 0.1) is 0 Å². The van der Waals surface area contributed by atoms with E-state index in [-0.39, 0.29) is 24.7 Å². The number of Topliss-reactive ketones (excluding diaryl/α,β-unsaturated/α-hetero) is 1. The third-order valence-electron chi connectivity index (χ3n) is 5.94. The first-order valence-corrected chi connectivity index (χ1v) is 13.2. The molecule has 1 amide bonds. The normalized spacial score (nSPS) is 11.0. The number of carbonyl (C=O) groups excluding carboxylic acids is 2. The number of hydrogen-bond donors (Lipinski definition) is 3. The fraction of sp³-hybridized carbons (Fsp3) is 0.161. The van der Waals surface area contributed by atoms with Crippen LogP contribution in [0.25, 0.3) is 22.3 Å². The standard InChI is InChI=1S/C28H23NO4S.C3H6O2/c1-18(30)19-7-9-20(10-8-19)21-11-13-22(14-12-21)24-15-26(34-17-24)27(31)29-16-25(28(32)33)23-5-3-2-4-6-23;1-2-3(4)5/h2-15,17,25H,16H2,1H3,(H,29,31)(H,32,33);2H2,1H3,(H,4,5)/t25-;/m0./s1. The molecule has 0 fully saturated rings. The molecule has 1 heterocycles. The van der Waals surface area contributed by atoms with Crippen molar-refractivity contribution in [2.24, 2.45) is 0 Å². The molecule has 39 heavy (non-hydrogen) atoms. The van der Waals surface area contributed by atoms with Crippen LogP contribution in [0.15, 0.2) is 90.3 Å². The Kier molecular flexibility index (Phi) is 10.3. The van der Waals surface area contributed by atoms with Gasteiger partial charge in [0.1, 0.15) is 0 Å². The molecule has 0 aliphatic rings. The third-order valence-corrected chi connectivity index (χ3v) is 6.86. The highest BCUT2D eigenvalue weighted by Crippen LogP contribution is 2.29. The summed E-state index contributed by atoms with van der Waals surface area (Å²) in [6, 6.07) is 26.2. The highest BCUT2D eigenvalue weighted by molar-refractivity contribution is 7.12. The maximum absolute atomic E-state index is 12.6. The zero-order valence-electron chi connectivity index (χ0n) is 21.6. The Morgan fingerprint density at radius 1 is 0.795 bits per heavy atom. The lowest BCUT2D eigenvalue weighted by molar-refractivity contribution is -0.139. The minimum atomic E-state index is -0.977. The number of hydrogen-bond acceptors (Lipinski definition) is 5. The fourth-order valence-corrected chi connectivity index (χ4v) is 4.51. The van der Waals surface area contributed by atoms with Crippen molar-refractivity contribution in [3.63, 3.8) is 0 Å². The number of carbonyl (C=O) groups is 4. The van der Waals surface area contributed by atoms with Crippen molar-refractivity contribution in [2.75, 3.05) is 6.54 Å². The van der Waals surface area contributed by atoms with Gasteiger partial charge in [0, 0.05) is 18.5 Å². The molecule has 8 heteroatoms. The van der Waals surface area contributed by atoms with Crippen molar-refractivity contribution in [3.8, 4) is 22.3 Å². The van der Waals surface area contributed by atoms with Gasteiger partial charge in [-0.1, -0.05) is 85.8 Å². The molecule has 4 aromatic rings. The fourth-order valence-electron chi connectivity index (χ4n) is 3.67. The second-order valence-corrected chi connectivity index (χ2v) is 9.58. The minimum absolute atomic E-state index is 0.0164. The molecule has 1 aromatic heterocycles. The van der Waals surface area contributed by atoms with E-state index in [9.17, 15) is 24.3 Å². The van der Waals surface area contributed by atoms with E-state index < -0.39 is 17.9 Å². The third kappa shape index (κ3) is 8.21. The topological polar surface area (TPSA) is 121 Å². The molecule has 0 unspecified atom stereocenters. The summed E-state index contributed by atoms with van der Waals surface area (Å²) in [7, 11) is 0. The minimum Gasteiger partial charge on any atom is -0.481 e. The first-order valence-electron chi connectivity index (χ1n) is 12.3. The van der Waals surface area contributed by atoms with Gasteiger partial charge in [-0.3, -0.25) is 19.2 Å². The molecule has 0 saturated carbocycles. The first kappa shape index (κ1) is 29.0.